The van der Waals surface area contributed by atoms with Gasteiger partial charge in [-0.1, -0.05) is 0 Å². The largest absolute Gasteiger partial charge is 0.469 e. The molecule has 0 aliphatic carbocycles. The lowest BCUT2D eigenvalue weighted by molar-refractivity contribution is -0.145. The molecule has 21 heavy (non-hydrogen) atoms. The standard InChI is InChI=1S/C15H21NO4S/c1-15(2,3)20-14(18)16-7-11(10-5-6-21-9-10)12(8-16)13(17)19-4/h5-6,9,11-12H,7-8H2,1-4H3/t11-,12+/m0/s1. The molecule has 0 spiro atoms. The molecule has 1 aromatic rings. The molecule has 0 unspecified atom stereocenters. The van der Waals surface area contributed by atoms with E-state index in [1.807, 2.05) is 37.6 Å². The van der Waals surface area contributed by atoms with Crippen molar-refractivity contribution in [1.29, 1.82) is 0 Å². The smallest absolute Gasteiger partial charge is 0.410 e. The molecule has 5 nitrogen and oxygen atoms in total. The SMILES string of the molecule is COC(=O)[C@@H]1CN(C(=O)OC(C)(C)C)C[C@H]1c1ccsc1. The maximum atomic E-state index is 12.2. The third kappa shape index (κ3) is 3.75. The zero-order chi connectivity index (χ0) is 15.6. The van der Waals surface area contributed by atoms with Gasteiger partial charge in [0.05, 0.1) is 13.0 Å². The molecule has 0 radical (unpaired) electrons. The quantitative estimate of drug-likeness (QED) is 0.788. The minimum Gasteiger partial charge on any atom is -0.469 e. The van der Waals surface area contributed by atoms with Gasteiger partial charge in [0.25, 0.3) is 0 Å². The van der Waals surface area contributed by atoms with Crippen molar-refractivity contribution in [3.8, 4) is 0 Å². The molecular formula is C15H21NO4S. The molecule has 0 bridgehead atoms. The first kappa shape index (κ1) is 15.8. The van der Waals surface area contributed by atoms with Crippen LogP contribution in [0.4, 0.5) is 4.79 Å². The number of hydrogen-bond donors (Lipinski definition) is 0. The minimum absolute atomic E-state index is 0.0313. The van der Waals surface area contributed by atoms with Crippen LogP contribution >= 0.6 is 11.3 Å². The number of hydrogen-bond acceptors (Lipinski definition) is 5. The minimum atomic E-state index is -0.543. The number of amides is 1. The van der Waals surface area contributed by atoms with Crippen LogP contribution in [0.1, 0.15) is 32.3 Å². The van der Waals surface area contributed by atoms with Gasteiger partial charge < -0.3 is 14.4 Å². The Labute approximate surface area is 128 Å². The molecule has 2 rings (SSSR count). The first-order valence-electron chi connectivity index (χ1n) is 6.89. The molecule has 1 aromatic heterocycles. The fourth-order valence-electron chi connectivity index (χ4n) is 2.49. The molecule has 116 valence electrons. The Hall–Kier alpha value is -1.56. The maximum Gasteiger partial charge on any atom is 0.410 e. The normalized spacial score (nSPS) is 22.2. The van der Waals surface area contributed by atoms with Gasteiger partial charge in [-0.2, -0.15) is 11.3 Å². The molecule has 1 fully saturated rings. The van der Waals surface area contributed by atoms with Gasteiger partial charge in [0.2, 0.25) is 0 Å². The summed E-state index contributed by atoms with van der Waals surface area (Å²) in [7, 11) is 1.38. The Kier molecular flexibility index (Phi) is 4.56. The van der Waals surface area contributed by atoms with Gasteiger partial charge in [-0.05, 0) is 43.2 Å². The molecule has 0 N–H and O–H groups in total. The van der Waals surface area contributed by atoms with Crippen molar-refractivity contribution in [1.82, 2.24) is 4.90 Å². The van der Waals surface area contributed by atoms with Crippen molar-refractivity contribution in [3.05, 3.63) is 22.4 Å². The van der Waals surface area contributed by atoms with Crippen LogP contribution in [0.2, 0.25) is 0 Å². The number of rotatable bonds is 2. The summed E-state index contributed by atoms with van der Waals surface area (Å²) >= 11 is 1.58. The summed E-state index contributed by atoms with van der Waals surface area (Å²) in [5.41, 5.74) is 0.527. The van der Waals surface area contributed by atoms with Crippen LogP contribution in [0.5, 0.6) is 0 Å². The highest BCUT2D eigenvalue weighted by atomic mass is 32.1. The van der Waals surface area contributed by atoms with Crippen LogP contribution in [-0.4, -0.2) is 42.8 Å². The second-order valence-electron chi connectivity index (χ2n) is 6.18. The van der Waals surface area contributed by atoms with Crippen LogP contribution in [0.3, 0.4) is 0 Å². The van der Waals surface area contributed by atoms with Gasteiger partial charge in [-0.3, -0.25) is 4.79 Å². The number of nitrogens with zero attached hydrogens (tertiary/aromatic N) is 1. The van der Waals surface area contributed by atoms with Crippen LogP contribution < -0.4 is 0 Å². The van der Waals surface area contributed by atoms with Crippen molar-refractivity contribution in [2.75, 3.05) is 20.2 Å². The molecule has 0 saturated carbocycles. The van der Waals surface area contributed by atoms with Crippen molar-refractivity contribution in [3.63, 3.8) is 0 Å². The average molecular weight is 311 g/mol. The summed E-state index contributed by atoms with van der Waals surface area (Å²) in [5.74, 6) is -0.648. The highest BCUT2D eigenvalue weighted by Gasteiger charge is 2.42. The lowest BCUT2D eigenvalue weighted by Gasteiger charge is -2.24. The Morgan fingerprint density at radius 2 is 2.05 bits per heavy atom. The summed E-state index contributed by atoms with van der Waals surface area (Å²) in [4.78, 5) is 25.8. The van der Waals surface area contributed by atoms with E-state index >= 15 is 0 Å². The zero-order valence-corrected chi connectivity index (χ0v) is 13.6. The summed E-state index contributed by atoms with van der Waals surface area (Å²) < 4.78 is 10.3. The van der Waals surface area contributed by atoms with E-state index < -0.39 is 5.60 Å². The predicted molar refractivity (Wildman–Crippen MR) is 80.4 cm³/mol. The van der Waals surface area contributed by atoms with Crippen LogP contribution in [-0.2, 0) is 14.3 Å². The van der Waals surface area contributed by atoms with E-state index in [0.29, 0.717) is 13.1 Å². The lowest BCUT2D eigenvalue weighted by atomic mass is 9.91. The van der Waals surface area contributed by atoms with Crippen molar-refractivity contribution < 1.29 is 19.1 Å². The second kappa shape index (κ2) is 6.05. The van der Waals surface area contributed by atoms with E-state index in [0.717, 1.165) is 5.56 Å². The Bertz CT molecular complexity index is 506. The van der Waals surface area contributed by atoms with Crippen LogP contribution in [0, 0.1) is 5.92 Å². The van der Waals surface area contributed by atoms with Gasteiger partial charge in [-0.15, -0.1) is 0 Å². The van der Waals surface area contributed by atoms with Crippen molar-refractivity contribution in [2.45, 2.75) is 32.3 Å². The summed E-state index contributed by atoms with van der Waals surface area (Å²) in [6, 6.07) is 1.99. The van der Waals surface area contributed by atoms with Crippen molar-refractivity contribution >= 4 is 23.4 Å². The lowest BCUT2D eigenvalue weighted by Crippen LogP contribution is -2.36. The summed E-state index contributed by atoms with van der Waals surface area (Å²) in [6.45, 7) is 6.30. The predicted octanol–water partition coefficient (Wildman–Crippen LogP) is 2.87. The number of carbonyl (C=O) groups excluding carboxylic acids is 2. The molecule has 1 saturated heterocycles. The molecule has 1 aliphatic heterocycles. The van der Waals surface area contributed by atoms with Gasteiger partial charge >= 0.3 is 12.1 Å². The fraction of sp³-hybridized carbons (Fsp3) is 0.600. The Morgan fingerprint density at radius 3 is 2.57 bits per heavy atom. The van der Waals surface area contributed by atoms with E-state index in [1.165, 1.54) is 7.11 Å². The van der Waals surface area contributed by atoms with Gasteiger partial charge in [-0.25, -0.2) is 4.79 Å². The van der Waals surface area contributed by atoms with E-state index in [2.05, 4.69) is 0 Å². The number of carbonyl (C=O) groups is 2. The van der Waals surface area contributed by atoms with Crippen molar-refractivity contribution in [2.24, 2.45) is 5.92 Å². The van der Waals surface area contributed by atoms with Gasteiger partial charge in [0.1, 0.15) is 5.60 Å². The van der Waals surface area contributed by atoms with E-state index in [4.69, 9.17) is 9.47 Å². The third-order valence-electron chi connectivity index (χ3n) is 3.45. The summed E-state index contributed by atoms with van der Waals surface area (Å²) in [6.07, 6.45) is -0.380. The maximum absolute atomic E-state index is 12.2. The van der Waals surface area contributed by atoms with E-state index in [-0.39, 0.29) is 23.9 Å². The van der Waals surface area contributed by atoms with E-state index in [1.54, 1.807) is 16.2 Å². The highest BCUT2D eigenvalue weighted by molar-refractivity contribution is 7.08. The number of methoxy groups -OCH3 is 1. The van der Waals surface area contributed by atoms with Gasteiger partial charge in [0.15, 0.2) is 0 Å². The Morgan fingerprint density at radius 1 is 1.33 bits per heavy atom. The molecule has 1 amide bonds. The molecule has 2 atom stereocenters. The first-order chi connectivity index (χ1) is 9.81. The number of likely N-dealkylation sites (tertiary alicyclic amines) is 1. The average Bonchev–Trinajstić information content (AvgIpc) is 3.04. The van der Waals surface area contributed by atoms with E-state index in [9.17, 15) is 9.59 Å². The van der Waals surface area contributed by atoms with Gasteiger partial charge in [0, 0.05) is 19.0 Å². The zero-order valence-electron chi connectivity index (χ0n) is 12.8. The topological polar surface area (TPSA) is 55.8 Å². The summed E-state index contributed by atoms with van der Waals surface area (Å²) in [5, 5.41) is 3.99. The number of esters is 1. The molecule has 2 heterocycles. The monoisotopic (exact) mass is 311 g/mol. The van der Waals surface area contributed by atoms with Crippen LogP contribution in [0.25, 0.3) is 0 Å². The number of ether oxygens (including phenoxy) is 2. The first-order valence-corrected chi connectivity index (χ1v) is 7.84. The molecule has 6 heteroatoms. The second-order valence-corrected chi connectivity index (χ2v) is 6.96. The number of thiophene rings is 1. The Balaban J connectivity index is 2.14. The molecular weight excluding hydrogens is 290 g/mol. The molecule has 0 aromatic carbocycles. The third-order valence-corrected chi connectivity index (χ3v) is 4.15. The van der Waals surface area contributed by atoms with Crippen LogP contribution in [0.15, 0.2) is 16.8 Å². The fourth-order valence-corrected chi connectivity index (χ4v) is 3.22. The highest BCUT2D eigenvalue weighted by Crippen LogP contribution is 2.35. The molecule has 1 aliphatic rings.